The van der Waals surface area contributed by atoms with Gasteiger partial charge in [-0.25, -0.2) is 18.1 Å². The number of hydrogen-bond donors (Lipinski definition) is 1. The van der Waals surface area contributed by atoms with Crippen LogP contribution in [0.25, 0.3) is 10.8 Å². The maximum absolute atomic E-state index is 12.5. The van der Waals surface area contributed by atoms with Crippen LogP contribution >= 0.6 is 11.6 Å². The first-order chi connectivity index (χ1) is 10.9. The van der Waals surface area contributed by atoms with Crippen LogP contribution in [0.1, 0.15) is 18.5 Å². The molecule has 1 heterocycles. The topological polar surface area (TPSA) is 64.0 Å². The lowest BCUT2D eigenvalue weighted by Crippen LogP contribution is -2.27. The Morgan fingerprint density at radius 3 is 2.57 bits per heavy atom. The second-order valence-corrected chi connectivity index (χ2v) is 7.35. The molecule has 1 aromatic heterocycles. The third-order valence-corrected chi connectivity index (χ3v) is 5.74. The van der Waals surface area contributed by atoms with E-state index in [9.17, 15) is 8.42 Å². The highest BCUT2D eigenvalue weighted by Crippen LogP contribution is 2.26. The summed E-state index contributed by atoms with van der Waals surface area (Å²) >= 11 is 6.00. The van der Waals surface area contributed by atoms with E-state index in [1.54, 1.807) is 14.0 Å². The van der Waals surface area contributed by atoms with Gasteiger partial charge in [0.15, 0.2) is 0 Å². The van der Waals surface area contributed by atoms with Gasteiger partial charge < -0.3 is 4.57 Å². The van der Waals surface area contributed by atoms with Crippen molar-refractivity contribution in [3.05, 3.63) is 59.5 Å². The predicted octanol–water partition coefficient (Wildman–Crippen LogP) is 3.27. The van der Waals surface area contributed by atoms with Crippen LogP contribution in [0.4, 0.5) is 0 Å². The van der Waals surface area contributed by atoms with E-state index < -0.39 is 16.1 Å². The van der Waals surface area contributed by atoms with Crippen molar-refractivity contribution in [1.29, 1.82) is 0 Å². The molecule has 3 aromatic rings. The number of benzene rings is 2. The van der Waals surface area contributed by atoms with Crippen molar-refractivity contribution >= 4 is 32.4 Å². The highest BCUT2D eigenvalue weighted by Gasteiger charge is 2.25. The highest BCUT2D eigenvalue weighted by molar-refractivity contribution is 7.89. The summed E-state index contributed by atoms with van der Waals surface area (Å²) in [6.07, 6.45) is 1.37. The average molecular weight is 350 g/mol. The summed E-state index contributed by atoms with van der Waals surface area (Å²) in [5.74, 6) is 0. The molecule has 0 amide bonds. The van der Waals surface area contributed by atoms with Gasteiger partial charge in [-0.15, -0.1) is 0 Å². The maximum Gasteiger partial charge on any atom is 0.261 e. The van der Waals surface area contributed by atoms with Gasteiger partial charge in [0.25, 0.3) is 10.0 Å². The molecular weight excluding hydrogens is 334 g/mol. The van der Waals surface area contributed by atoms with Crippen LogP contribution in [0.3, 0.4) is 0 Å². The maximum atomic E-state index is 12.5. The Morgan fingerprint density at radius 2 is 1.87 bits per heavy atom. The van der Waals surface area contributed by atoms with Crippen molar-refractivity contribution in [3.63, 3.8) is 0 Å². The van der Waals surface area contributed by atoms with Crippen molar-refractivity contribution in [2.75, 3.05) is 0 Å². The van der Waals surface area contributed by atoms with E-state index in [1.807, 2.05) is 42.5 Å². The van der Waals surface area contributed by atoms with Gasteiger partial charge in [0, 0.05) is 13.1 Å². The minimum atomic E-state index is -3.80. The number of nitrogens with zero attached hydrogens (tertiary/aromatic N) is 2. The summed E-state index contributed by atoms with van der Waals surface area (Å²) in [5, 5.41) is 2.00. The third-order valence-electron chi connectivity index (χ3n) is 3.71. The molecule has 7 heteroatoms. The zero-order valence-electron chi connectivity index (χ0n) is 12.7. The molecule has 0 bridgehead atoms. The summed E-state index contributed by atoms with van der Waals surface area (Å²) in [5.41, 5.74) is 0.902. The molecule has 2 aromatic carbocycles. The Bertz CT molecular complexity index is 961. The van der Waals surface area contributed by atoms with Crippen LogP contribution in [0, 0.1) is 0 Å². The summed E-state index contributed by atoms with van der Waals surface area (Å²) in [4.78, 5) is 3.88. The molecule has 0 fully saturated rings. The molecule has 23 heavy (non-hydrogen) atoms. The fourth-order valence-corrected chi connectivity index (χ4v) is 4.21. The molecule has 0 aliphatic rings. The van der Waals surface area contributed by atoms with E-state index >= 15 is 0 Å². The molecule has 0 saturated heterocycles. The molecule has 3 rings (SSSR count). The minimum Gasteiger partial charge on any atom is -0.324 e. The fraction of sp³-hybridized carbons (Fsp3) is 0.188. The molecule has 5 nitrogen and oxygen atoms in total. The standard InChI is InChI=1S/C16H16ClN3O2S/c1-11(13-9-5-7-12-6-3-4-8-14(12)13)19-23(21,22)16-15(17)20(2)10-18-16/h3-11,19H,1-2H3. The smallest absolute Gasteiger partial charge is 0.261 e. The van der Waals surface area contributed by atoms with Crippen molar-refractivity contribution in [3.8, 4) is 0 Å². The van der Waals surface area contributed by atoms with Crippen LogP contribution in [-0.2, 0) is 17.1 Å². The summed E-state index contributed by atoms with van der Waals surface area (Å²) in [6, 6.07) is 13.3. The van der Waals surface area contributed by atoms with E-state index in [2.05, 4.69) is 9.71 Å². The molecule has 1 atom stereocenters. The molecule has 0 radical (unpaired) electrons. The van der Waals surface area contributed by atoms with Gasteiger partial charge in [-0.1, -0.05) is 54.1 Å². The van der Waals surface area contributed by atoms with Gasteiger partial charge >= 0.3 is 0 Å². The number of fused-ring (bicyclic) bond motifs is 1. The monoisotopic (exact) mass is 349 g/mol. The number of nitrogens with one attached hydrogen (secondary N) is 1. The first kappa shape index (κ1) is 16.0. The van der Waals surface area contributed by atoms with E-state index in [-0.39, 0.29) is 10.2 Å². The van der Waals surface area contributed by atoms with Gasteiger partial charge in [0.1, 0.15) is 5.15 Å². The molecule has 1 N–H and O–H groups in total. The van der Waals surface area contributed by atoms with Gasteiger partial charge in [-0.2, -0.15) is 0 Å². The summed E-state index contributed by atoms with van der Waals surface area (Å²) in [6.45, 7) is 1.80. The average Bonchev–Trinajstić information content (AvgIpc) is 2.86. The van der Waals surface area contributed by atoms with E-state index in [1.165, 1.54) is 10.9 Å². The van der Waals surface area contributed by atoms with Crippen molar-refractivity contribution in [1.82, 2.24) is 14.3 Å². The lowest BCUT2D eigenvalue weighted by Gasteiger charge is -2.16. The molecule has 1 unspecified atom stereocenters. The SMILES string of the molecule is CC(NS(=O)(=O)c1ncn(C)c1Cl)c1cccc2ccccc12. The zero-order valence-corrected chi connectivity index (χ0v) is 14.3. The largest absolute Gasteiger partial charge is 0.324 e. The van der Waals surface area contributed by atoms with Crippen molar-refractivity contribution < 1.29 is 8.42 Å². The molecule has 120 valence electrons. The first-order valence-electron chi connectivity index (χ1n) is 7.07. The summed E-state index contributed by atoms with van der Waals surface area (Å²) in [7, 11) is -2.16. The van der Waals surface area contributed by atoms with E-state index in [0.29, 0.717) is 0 Å². The fourth-order valence-electron chi connectivity index (χ4n) is 2.55. The predicted molar refractivity (Wildman–Crippen MR) is 90.9 cm³/mol. The normalized spacial score (nSPS) is 13.3. The number of imidazole rings is 1. The van der Waals surface area contributed by atoms with Gasteiger partial charge in [0.05, 0.1) is 6.33 Å². The Morgan fingerprint density at radius 1 is 1.17 bits per heavy atom. The Hall–Kier alpha value is -1.89. The number of sulfonamides is 1. The number of aromatic nitrogens is 2. The van der Waals surface area contributed by atoms with Crippen LogP contribution in [0.15, 0.2) is 53.8 Å². The number of rotatable bonds is 4. The Balaban J connectivity index is 1.97. The molecular formula is C16H16ClN3O2S. The Labute approximate surface area is 140 Å². The van der Waals surface area contributed by atoms with Crippen LogP contribution in [0.2, 0.25) is 5.15 Å². The van der Waals surface area contributed by atoms with Crippen LogP contribution in [-0.4, -0.2) is 18.0 Å². The molecule has 0 saturated carbocycles. The van der Waals surface area contributed by atoms with Gasteiger partial charge in [-0.3, -0.25) is 0 Å². The first-order valence-corrected chi connectivity index (χ1v) is 8.93. The lowest BCUT2D eigenvalue weighted by molar-refractivity contribution is 0.564. The van der Waals surface area contributed by atoms with Crippen LogP contribution in [0.5, 0.6) is 0 Å². The highest BCUT2D eigenvalue weighted by atomic mass is 35.5. The zero-order chi connectivity index (χ0) is 16.6. The molecule has 0 spiro atoms. The Kier molecular flexibility index (Phi) is 4.14. The molecule has 0 aliphatic carbocycles. The quantitative estimate of drug-likeness (QED) is 0.786. The van der Waals surface area contributed by atoms with Gasteiger partial charge in [0.2, 0.25) is 5.03 Å². The summed E-state index contributed by atoms with van der Waals surface area (Å²) < 4.78 is 29.1. The number of aryl methyl sites for hydroxylation is 1. The number of halogens is 1. The second-order valence-electron chi connectivity index (χ2n) is 5.36. The van der Waals surface area contributed by atoms with E-state index in [4.69, 9.17) is 11.6 Å². The minimum absolute atomic E-state index is 0.0858. The van der Waals surface area contributed by atoms with Crippen molar-refractivity contribution in [2.24, 2.45) is 7.05 Å². The van der Waals surface area contributed by atoms with Gasteiger partial charge in [-0.05, 0) is 23.3 Å². The lowest BCUT2D eigenvalue weighted by atomic mass is 10.0. The molecule has 0 aliphatic heterocycles. The second kappa shape index (κ2) is 5.96. The van der Waals surface area contributed by atoms with E-state index in [0.717, 1.165) is 16.3 Å². The van der Waals surface area contributed by atoms with Crippen LogP contribution < -0.4 is 4.72 Å². The third kappa shape index (κ3) is 2.97. The van der Waals surface area contributed by atoms with Crippen molar-refractivity contribution in [2.45, 2.75) is 18.0 Å². The number of hydrogen-bond acceptors (Lipinski definition) is 3.